The Morgan fingerprint density at radius 3 is 2.54 bits per heavy atom. The van der Waals surface area contributed by atoms with Crippen LogP contribution in [0.5, 0.6) is 0 Å². The van der Waals surface area contributed by atoms with Gasteiger partial charge in [0.25, 0.3) is 5.91 Å². The molecule has 0 spiro atoms. The normalized spacial score (nSPS) is 17.4. The molecule has 0 bridgehead atoms. The summed E-state index contributed by atoms with van der Waals surface area (Å²) >= 11 is 0. The predicted octanol–water partition coefficient (Wildman–Crippen LogP) is 5.02. The largest absolute Gasteiger partial charge is 0.399 e. The fourth-order valence-corrected chi connectivity index (χ4v) is 3.57. The van der Waals surface area contributed by atoms with Gasteiger partial charge in [-0.25, -0.2) is 0 Å². The van der Waals surface area contributed by atoms with Gasteiger partial charge in [0.15, 0.2) is 0 Å². The second kappa shape index (κ2) is 7.81. The van der Waals surface area contributed by atoms with Gasteiger partial charge in [-0.3, -0.25) is 4.79 Å². The molecule has 0 saturated carbocycles. The van der Waals surface area contributed by atoms with Crippen LogP contribution < -0.4 is 16.0 Å². The van der Waals surface area contributed by atoms with Gasteiger partial charge >= 0.3 is 0 Å². The van der Waals surface area contributed by atoms with Crippen LogP contribution in [0, 0.1) is 0 Å². The molecule has 1 aliphatic heterocycles. The zero-order valence-electron chi connectivity index (χ0n) is 16.0. The Hall–Kier alpha value is -2.49. The number of hydrogen-bond acceptors (Lipinski definition) is 3. The molecule has 0 aromatic heterocycles. The van der Waals surface area contributed by atoms with E-state index in [4.69, 9.17) is 5.73 Å². The Morgan fingerprint density at radius 1 is 1.15 bits per heavy atom. The van der Waals surface area contributed by atoms with Gasteiger partial charge in [0, 0.05) is 23.8 Å². The minimum atomic E-state index is -0.100. The van der Waals surface area contributed by atoms with E-state index in [9.17, 15) is 4.79 Å². The minimum absolute atomic E-state index is 0.100. The molecular weight excluding hydrogens is 322 g/mol. The third-order valence-corrected chi connectivity index (χ3v) is 5.22. The monoisotopic (exact) mass is 351 g/mol. The van der Waals surface area contributed by atoms with Gasteiger partial charge in [-0.05, 0) is 68.0 Å². The quantitative estimate of drug-likeness (QED) is 0.760. The van der Waals surface area contributed by atoms with E-state index in [0.29, 0.717) is 23.2 Å². The highest BCUT2D eigenvalue weighted by Crippen LogP contribution is 2.33. The van der Waals surface area contributed by atoms with E-state index in [1.54, 1.807) is 0 Å². The van der Waals surface area contributed by atoms with Crippen molar-refractivity contribution in [1.82, 2.24) is 0 Å². The molecule has 138 valence electrons. The highest BCUT2D eigenvalue weighted by molar-refractivity contribution is 6.06. The topological polar surface area (TPSA) is 58.4 Å². The summed E-state index contributed by atoms with van der Waals surface area (Å²) in [5.41, 5.74) is 10.4. The summed E-state index contributed by atoms with van der Waals surface area (Å²) in [4.78, 5) is 15.1. The van der Waals surface area contributed by atoms with Crippen LogP contribution in [-0.2, 0) is 0 Å². The van der Waals surface area contributed by atoms with Crippen LogP contribution >= 0.6 is 0 Å². The third-order valence-electron chi connectivity index (χ3n) is 5.22. The number of anilines is 3. The van der Waals surface area contributed by atoms with Crippen molar-refractivity contribution in [1.29, 1.82) is 0 Å². The lowest BCUT2D eigenvalue weighted by atomic mass is 10.0. The number of amides is 1. The second-order valence-electron chi connectivity index (χ2n) is 7.55. The van der Waals surface area contributed by atoms with Crippen molar-refractivity contribution < 1.29 is 4.79 Å². The van der Waals surface area contributed by atoms with Crippen LogP contribution in [0.3, 0.4) is 0 Å². The van der Waals surface area contributed by atoms with E-state index in [0.717, 1.165) is 17.9 Å². The van der Waals surface area contributed by atoms with Crippen LogP contribution in [-0.4, -0.2) is 18.5 Å². The van der Waals surface area contributed by atoms with Gasteiger partial charge in [0.2, 0.25) is 0 Å². The van der Waals surface area contributed by atoms with Gasteiger partial charge in [-0.1, -0.05) is 26.0 Å². The van der Waals surface area contributed by atoms with Crippen molar-refractivity contribution in [2.45, 2.75) is 52.0 Å². The zero-order chi connectivity index (χ0) is 18.7. The lowest BCUT2D eigenvalue weighted by Crippen LogP contribution is -2.38. The fraction of sp³-hybridized carbons (Fsp3) is 0.409. The van der Waals surface area contributed by atoms with Crippen molar-refractivity contribution in [3.8, 4) is 0 Å². The second-order valence-corrected chi connectivity index (χ2v) is 7.55. The molecule has 2 aromatic carbocycles. The molecule has 0 radical (unpaired) electrons. The molecule has 1 heterocycles. The van der Waals surface area contributed by atoms with Gasteiger partial charge in [-0.15, -0.1) is 0 Å². The number of piperidine rings is 1. The van der Waals surface area contributed by atoms with E-state index in [2.05, 4.69) is 31.0 Å². The van der Waals surface area contributed by atoms with E-state index < -0.39 is 0 Å². The van der Waals surface area contributed by atoms with Gasteiger partial charge in [0.05, 0.1) is 11.4 Å². The molecule has 2 aromatic rings. The zero-order valence-corrected chi connectivity index (χ0v) is 16.0. The maximum atomic E-state index is 12.8. The molecule has 1 atom stereocenters. The number of rotatable bonds is 4. The lowest BCUT2D eigenvalue weighted by Gasteiger charge is -2.36. The Bertz CT molecular complexity index is 767. The number of nitrogens with two attached hydrogens (primary N) is 1. The van der Waals surface area contributed by atoms with Gasteiger partial charge in [0.1, 0.15) is 0 Å². The smallest absolute Gasteiger partial charge is 0.255 e. The minimum Gasteiger partial charge on any atom is -0.399 e. The molecule has 3 N–H and O–H groups in total. The molecule has 0 aliphatic carbocycles. The predicted molar refractivity (Wildman–Crippen MR) is 110 cm³/mol. The first-order valence-corrected chi connectivity index (χ1v) is 9.53. The van der Waals surface area contributed by atoms with Crippen molar-refractivity contribution >= 4 is 23.0 Å². The van der Waals surface area contributed by atoms with Crippen molar-refractivity contribution in [3.05, 3.63) is 53.6 Å². The van der Waals surface area contributed by atoms with Crippen molar-refractivity contribution in [2.75, 3.05) is 22.5 Å². The van der Waals surface area contributed by atoms with E-state index in [1.807, 2.05) is 42.5 Å². The molecule has 1 aliphatic rings. The molecule has 3 rings (SSSR count). The molecule has 4 nitrogen and oxygen atoms in total. The maximum absolute atomic E-state index is 12.8. The first-order valence-electron chi connectivity index (χ1n) is 9.53. The fourth-order valence-electron chi connectivity index (χ4n) is 3.57. The summed E-state index contributed by atoms with van der Waals surface area (Å²) in [6.07, 6.45) is 3.61. The van der Waals surface area contributed by atoms with E-state index in [1.165, 1.54) is 24.8 Å². The Morgan fingerprint density at radius 2 is 1.88 bits per heavy atom. The molecule has 1 saturated heterocycles. The average Bonchev–Trinajstić information content (AvgIpc) is 2.63. The van der Waals surface area contributed by atoms with Crippen LogP contribution in [0.25, 0.3) is 0 Å². The number of benzene rings is 2. The number of carbonyl (C=O) groups excluding carboxylic acids is 1. The number of nitrogens with zero attached hydrogens (tertiary/aromatic N) is 1. The standard InChI is InChI=1S/C22H29N3O/c1-15(2)17-7-9-18(10-8-17)22(26)24-20-14-19(23)11-12-21(20)25-13-5-4-6-16(25)3/h7-12,14-16H,4-6,13,23H2,1-3H3,(H,24,26). The van der Waals surface area contributed by atoms with E-state index in [-0.39, 0.29) is 5.91 Å². The highest BCUT2D eigenvalue weighted by Gasteiger charge is 2.22. The summed E-state index contributed by atoms with van der Waals surface area (Å²) in [5.74, 6) is 0.352. The summed E-state index contributed by atoms with van der Waals surface area (Å²) in [6.45, 7) is 7.55. The lowest BCUT2D eigenvalue weighted by molar-refractivity contribution is 0.102. The number of nitrogen functional groups attached to an aromatic ring is 1. The SMILES string of the molecule is CC(C)c1ccc(C(=O)Nc2cc(N)ccc2N2CCCCC2C)cc1. The average molecular weight is 351 g/mol. The van der Waals surface area contributed by atoms with Crippen LogP contribution in [0.1, 0.15) is 61.9 Å². The molecule has 1 fully saturated rings. The van der Waals surface area contributed by atoms with Crippen molar-refractivity contribution in [3.63, 3.8) is 0 Å². The number of hydrogen-bond donors (Lipinski definition) is 2. The molecular formula is C22H29N3O. The van der Waals surface area contributed by atoms with Crippen LogP contribution in [0.4, 0.5) is 17.1 Å². The maximum Gasteiger partial charge on any atom is 0.255 e. The van der Waals surface area contributed by atoms with Crippen molar-refractivity contribution in [2.24, 2.45) is 0 Å². The van der Waals surface area contributed by atoms with Gasteiger partial charge in [-0.2, -0.15) is 0 Å². The molecule has 1 unspecified atom stereocenters. The summed E-state index contributed by atoms with van der Waals surface area (Å²) in [5, 5.41) is 3.07. The van der Waals surface area contributed by atoms with Crippen LogP contribution in [0.15, 0.2) is 42.5 Å². The summed E-state index contributed by atoms with van der Waals surface area (Å²) in [6, 6.07) is 14.1. The molecule has 4 heteroatoms. The van der Waals surface area contributed by atoms with Gasteiger partial charge < -0.3 is 16.0 Å². The molecule has 26 heavy (non-hydrogen) atoms. The highest BCUT2D eigenvalue weighted by atomic mass is 16.1. The summed E-state index contributed by atoms with van der Waals surface area (Å²) < 4.78 is 0. The Labute approximate surface area is 156 Å². The first-order chi connectivity index (χ1) is 12.5. The number of nitrogens with one attached hydrogen (secondary N) is 1. The first kappa shape index (κ1) is 18.3. The Kier molecular flexibility index (Phi) is 5.50. The van der Waals surface area contributed by atoms with Crippen LogP contribution in [0.2, 0.25) is 0 Å². The van der Waals surface area contributed by atoms with E-state index >= 15 is 0 Å². The molecule has 1 amide bonds. The Balaban J connectivity index is 1.84. The summed E-state index contributed by atoms with van der Waals surface area (Å²) in [7, 11) is 0. The number of carbonyl (C=O) groups is 1. The third kappa shape index (κ3) is 4.01.